The molecule has 120 valence electrons. The van der Waals surface area contributed by atoms with Gasteiger partial charge in [-0.05, 0) is 54.2 Å². The van der Waals surface area contributed by atoms with Gasteiger partial charge in [0.1, 0.15) is 12.4 Å². The van der Waals surface area contributed by atoms with Gasteiger partial charge < -0.3 is 9.84 Å². The van der Waals surface area contributed by atoms with Gasteiger partial charge in [0.2, 0.25) is 0 Å². The molecule has 1 saturated carbocycles. The van der Waals surface area contributed by atoms with Gasteiger partial charge in [0.05, 0.1) is 6.10 Å². The molecule has 0 aromatic heterocycles. The fourth-order valence-corrected chi connectivity index (χ4v) is 3.78. The van der Waals surface area contributed by atoms with Crippen molar-refractivity contribution in [2.45, 2.75) is 51.2 Å². The van der Waals surface area contributed by atoms with E-state index in [0.717, 1.165) is 30.1 Å². The predicted molar refractivity (Wildman–Crippen MR) is 91.6 cm³/mol. The summed E-state index contributed by atoms with van der Waals surface area (Å²) in [4.78, 5) is 0. The third-order valence-electron chi connectivity index (χ3n) is 5.38. The lowest BCUT2D eigenvalue weighted by Gasteiger charge is -2.21. The molecule has 1 N–H and O–H groups in total. The molecule has 4 rings (SSSR count). The zero-order valence-corrected chi connectivity index (χ0v) is 13.7. The third-order valence-corrected chi connectivity index (χ3v) is 5.38. The first kappa shape index (κ1) is 14.8. The second kappa shape index (κ2) is 6.01. The molecule has 2 aromatic rings. The Bertz CT molecular complexity index is 688. The van der Waals surface area contributed by atoms with Crippen LogP contribution in [0.5, 0.6) is 5.75 Å². The van der Waals surface area contributed by atoms with E-state index in [0.29, 0.717) is 12.5 Å². The van der Waals surface area contributed by atoms with Crippen LogP contribution in [0.25, 0.3) is 0 Å². The van der Waals surface area contributed by atoms with Crippen LogP contribution in [0.3, 0.4) is 0 Å². The number of aliphatic hydroxyl groups is 1. The summed E-state index contributed by atoms with van der Waals surface area (Å²) in [5, 5.41) is 10.4. The van der Waals surface area contributed by atoms with Crippen molar-refractivity contribution in [1.82, 2.24) is 0 Å². The highest BCUT2D eigenvalue weighted by Crippen LogP contribution is 2.49. The van der Waals surface area contributed by atoms with Crippen molar-refractivity contribution in [3.05, 3.63) is 64.7 Å². The summed E-state index contributed by atoms with van der Waals surface area (Å²) >= 11 is 0. The Kier molecular flexibility index (Phi) is 3.86. The van der Waals surface area contributed by atoms with Crippen LogP contribution in [0.15, 0.2) is 42.5 Å². The van der Waals surface area contributed by atoms with Gasteiger partial charge >= 0.3 is 0 Å². The van der Waals surface area contributed by atoms with E-state index in [9.17, 15) is 5.11 Å². The van der Waals surface area contributed by atoms with Crippen LogP contribution in [-0.4, -0.2) is 5.11 Å². The number of hydrogen-bond donors (Lipinski definition) is 1. The van der Waals surface area contributed by atoms with E-state index in [-0.39, 0.29) is 6.10 Å². The molecule has 0 aliphatic heterocycles. The van der Waals surface area contributed by atoms with Crippen molar-refractivity contribution in [2.75, 3.05) is 0 Å². The lowest BCUT2D eigenvalue weighted by molar-refractivity contribution is 0.172. The standard InChI is InChI=1S/C21H24O2/c1-14(16-7-8-16)18-11-9-17-10-12-19(22)20(17)21(18)23-13-15-5-3-2-4-6-15/h2-6,9,11,14,16,19,22H,7-8,10,12-13H2,1H3. The number of aliphatic hydroxyl groups excluding tert-OH is 1. The molecule has 0 spiro atoms. The summed E-state index contributed by atoms with van der Waals surface area (Å²) in [7, 11) is 0. The molecule has 2 atom stereocenters. The van der Waals surface area contributed by atoms with Gasteiger partial charge in [-0.3, -0.25) is 0 Å². The van der Waals surface area contributed by atoms with Gasteiger partial charge in [0.25, 0.3) is 0 Å². The minimum absolute atomic E-state index is 0.373. The fourth-order valence-electron chi connectivity index (χ4n) is 3.78. The van der Waals surface area contributed by atoms with E-state index in [1.165, 1.54) is 29.5 Å². The lowest BCUT2D eigenvalue weighted by Crippen LogP contribution is -2.07. The van der Waals surface area contributed by atoms with Gasteiger partial charge in [-0.2, -0.15) is 0 Å². The van der Waals surface area contributed by atoms with Crippen molar-refractivity contribution in [1.29, 1.82) is 0 Å². The monoisotopic (exact) mass is 308 g/mol. The molecule has 0 radical (unpaired) electrons. The summed E-state index contributed by atoms with van der Waals surface area (Å²) in [6, 6.07) is 14.7. The summed E-state index contributed by atoms with van der Waals surface area (Å²) in [5.41, 5.74) is 4.75. The van der Waals surface area contributed by atoms with Crippen LogP contribution in [-0.2, 0) is 13.0 Å². The summed E-state index contributed by atoms with van der Waals surface area (Å²) in [6.45, 7) is 2.87. The number of rotatable bonds is 5. The minimum Gasteiger partial charge on any atom is -0.488 e. The Labute approximate surface area is 138 Å². The number of ether oxygens (including phenoxy) is 1. The van der Waals surface area contributed by atoms with E-state index < -0.39 is 0 Å². The zero-order chi connectivity index (χ0) is 15.8. The average molecular weight is 308 g/mol. The number of hydrogen-bond acceptors (Lipinski definition) is 2. The highest BCUT2D eigenvalue weighted by Gasteiger charge is 2.34. The second-order valence-electron chi connectivity index (χ2n) is 7.01. The Morgan fingerprint density at radius 3 is 2.61 bits per heavy atom. The van der Waals surface area contributed by atoms with Gasteiger partial charge in [0.15, 0.2) is 0 Å². The topological polar surface area (TPSA) is 29.5 Å². The molecule has 0 saturated heterocycles. The highest BCUT2D eigenvalue weighted by molar-refractivity contribution is 5.51. The average Bonchev–Trinajstić information content (AvgIpc) is 3.37. The number of fused-ring (bicyclic) bond motifs is 1. The fraction of sp³-hybridized carbons (Fsp3) is 0.429. The minimum atomic E-state index is -0.373. The largest absolute Gasteiger partial charge is 0.488 e. The first-order chi connectivity index (χ1) is 11.2. The molecule has 0 bridgehead atoms. The summed E-state index contributed by atoms with van der Waals surface area (Å²) < 4.78 is 6.28. The van der Waals surface area contributed by atoms with E-state index >= 15 is 0 Å². The molecule has 0 heterocycles. The maximum Gasteiger partial charge on any atom is 0.129 e. The van der Waals surface area contributed by atoms with E-state index in [2.05, 4.69) is 31.2 Å². The maximum atomic E-state index is 10.4. The number of benzene rings is 2. The van der Waals surface area contributed by atoms with Gasteiger partial charge in [-0.1, -0.05) is 49.4 Å². The van der Waals surface area contributed by atoms with Gasteiger partial charge in [-0.25, -0.2) is 0 Å². The smallest absolute Gasteiger partial charge is 0.129 e. The van der Waals surface area contributed by atoms with Crippen LogP contribution >= 0.6 is 0 Å². The van der Waals surface area contributed by atoms with E-state index in [4.69, 9.17) is 4.74 Å². The SMILES string of the molecule is CC(c1ccc2c(c1OCc1ccccc1)C(O)CC2)C1CC1. The van der Waals surface area contributed by atoms with Crippen LogP contribution in [0, 0.1) is 5.92 Å². The first-order valence-corrected chi connectivity index (χ1v) is 8.74. The number of aryl methyl sites for hydroxylation is 1. The second-order valence-corrected chi connectivity index (χ2v) is 7.01. The molecule has 23 heavy (non-hydrogen) atoms. The quantitative estimate of drug-likeness (QED) is 0.863. The van der Waals surface area contributed by atoms with Crippen molar-refractivity contribution in [3.63, 3.8) is 0 Å². The molecule has 2 nitrogen and oxygen atoms in total. The van der Waals surface area contributed by atoms with Crippen LogP contribution in [0.2, 0.25) is 0 Å². The Morgan fingerprint density at radius 2 is 1.87 bits per heavy atom. The molecular weight excluding hydrogens is 284 g/mol. The molecule has 1 fully saturated rings. The molecule has 2 heteroatoms. The Balaban J connectivity index is 1.68. The Morgan fingerprint density at radius 1 is 1.09 bits per heavy atom. The lowest BCUT2D eigenvalue weighted by atomic mass is 9.91. The van der Waals surface area contributed by atoms with E-state index in [1.807, 2.05) is 18.2 Å². The predicted octanol–water partition coefficient (Wildman–Crippen LogP) is 4.76. The van der Waals surface area contributed by atoms with Gasteiger partial charge in [0, 0.05) is 5.56 Å². The molecule has 2 unspecified atom stereocenters. The molecule has 2 aliphatic rings. The van der Waals surface area contributed by atoms with Crippen LogP contribution in [0.4, 0.5) is 0 Å². The van der Waals surface area contributed by atoms with Crippen molar-refractivity contribution >= 4 is 0 Å². The van der Waals surface area contributed by atoms with Crippen molar-refractivity contribution in [2.24, 2.45) is 5.92 Å². The first-order valence-electron chi connectivity index (χ1n) is 8.74. The zero-order valence-electron chi connectivity index (χ0n) is 13.7. The molecule has 0 amide bonds. The Hall–Kier alpha value is -1.80. The van der Waals surface area contributed by atoms with Crippen molar-refractivity contribution in [3.8, 4) is 5.75 Å². The summed E-state index contributed by atoms with van der Waals surface area (Å²) in [5.74, 6) is 2.25. The summed E-state index contributed by atoms with van der Waals surface area (Å²) in [6.07, 6.45) is 4.04. The molecule has 2 aliphatic carbocycles. The van der Waals surface area contributed by atoms with E-state index in [1.54, 1.807) is 0 Å². The third kappa shape index (κ3) is 2.88. The normalized spacial score (nSPS) is 21.0. The highest BCUT2D eigenvalue weighted by atomic mass is 16.5. The maximum absolute atomic E-state index is 10.4. The van der Waals surface area contributed by atoms with Gasteiger partial charge in [-0.15, -0.1) is 0 Å². The molecule has 2 aromatic carbocycles. The van der Waals surface area contributed by atoms with Crippen LogP contribution in [0.1, 0.15) is 60.5 Å². The van der Waals surface area contributed by atoms with Crippen molar-refractivity contribution < 1.29 is 9.84 Å². The molecular formula is C21H24O2. The van der Waals surface area contributed by atoms with Crippen LogP contribution < -0.4 is 4.74 Å².